The van der Waals surface area contributed by atoms with Gasteiger partial charge in [-0.15, -0.1) is 0 Å². The normalized spacial score (nSPS) is 11.4. The Labute approximate surface area is 187 Å². The first-order chi connectivity index (χ1) is 15.1. The molecule has 8 nitrogen and oxygen atoms in total. The lowest BCUT2D eigenvalue weighted by Gasteiger charge is -2.21. The van der Waals surface area contributed by atoms with Gasteiger partial charge in [-0.1, -0.05) is 43.7 Å². The van der Waals surface area contributed by atoms with Gasteiger partial charge in [0, 0.05) is 11.3 Å². The van der Waals surface area contributed by atoms with Crippen molar-refractivity contribution in [2.45, 2.75) is 40.7 Å². The van der Waals surface area contributed by atoms with E-state index in [1.807, 2.05) is 32.9 Å². The molecule has 0 spiro atoms. The number of carbonyl (C=O) groups excluding carboxylic acids is 4. The molecule has 0 fully saturated rings. The van der Waals surface area contributed by atoms with Crippen LogP contribution in [0.1, 0.15) is 40.9 Å². The molecule has 170 valence electrons. The van der Waals surface area contributed by atoms with Crippen LogP contribution in [0.25, 0.3) is 0 Å². The van der Waals surface area contributed by atoms with E-state index < -0.39 is 36.5 Å². The largest absolute Gasteiger partial charge is 0.454 e. The molecule has 4 amide bonds. The molecule has 2 aromatic carbocycles. The molecule has 0 aromatic heterocycles. The molecule has 0 unspecified atom stereocenters. The van der Waals surface area contributed by atoms with Crippen LogP contribution >= 0.6 is 0 Å². The molecule has 1 atom stereocenters. The molecule has 0 aliphatic rings. The second-order valence-electron chi connectivity index (χ2n) is 7.92. The van der Waals surface area contributed by atoms with Gasteiger partial charge >= 0.3 is 12.0 Å². The summed E-state index contributed by atoms with van der Waals surface area (Å²) in [5.74, 6) is -2.23. The van der Waals surface area contributed by atoms with Crippen molar-refractivity contribution in [1.82, 2.24) is 10.6 Å². The lowest BCUT2D eigenvalue weighted by molar-refractivity contribution is -0.151. The summed E-state index contributed by atoms with van der Waals surface area (Å²) in [4.78, 5) is 49.0. The van der Waals surface area contributed by atoms with Crippen LogP contribution in [0.4, 0.5) is 10.5 Å². The predicted octanol–water partition coefficient (Wildman–Crippen LogP) is 3.26. The predicted molar refractivity (Wildman–Crippen MR) is 121 cm³/mol. The maximum atomic E-state index is 12.5. The van der Waals surface area contributed by atoms with Crippen LogP contribution in [0.3, 0.4) is 0 Å². The van der Waals surface area contributed by atoms with Gasteiger partial charge < -0.3 is 15.4 Å². The second-order valence-corrected chi connectivity index (χ2v) is 7.92. The third kappa shape index (κ3) is 6.94. The number of esters is 1. The summed E-state index contributed by atoms with van der Waals surface area (Å²) in [7, 11) is 0. The number of anilines is 1. The van der Waals surface area contributed by atoms with E-state index in [1.165, 1.54) is 0 Å². The number of urea groups is 1. The highest BCUT2D eigenvalue weighted by Gasteiger charge is 2.27. The Morgan fingerprint density at radius 3 is 2.31 bits per heavy atom. The zero-order valence-electron chi connectivity index (χ0n) is 18.9. The Balaban J connectivity index is 1.89. The highest BCUT2D eigenvalue weighted by Crippen LogP contribution is 2.17. The quantitative estimate of drug-likeness (QED) is 0.573. The summed E-state index contributed by atoms with van der Waals surface area (Å²) in [6, 6.07) is 10.7. The average Bonchev–Trinajstić information content (AvgIpc) is 2.73. The monoisotopic (exact) mass is 439 g/mol. The lowest BCUT2D eigenvalue weighted by Crippen LogP contribution is -2.46. The summed E-state index contributed by atoms with van der Waals surface area (Å²) in [5, 5.41) is 7.35. The van der Waals surface area contributed by atoms with Crippen molar-refractivity contribution >= 4 is 29.5 Å². The van der Waals surface area contributed by atoms with Crippen LogP contribution in [-0.2, 0) is 14.3 Å². The summed E-state index contributed by atoms with van der Waals surface area (Å²) in [5.41, 5.74) is 3.79. The Morgan fingerprint density at radius 2 is 1.66 bits per heavy atom. The third-order valence-corrected chi connectivity index (χ3v) is 4.94. The fraction of sp³-hybridized carbons (Fsp3) is 0.333. The number of rotatable bonds is 7. The minimum atomic E-state index is -0.945. The van der Waals surface area contributed by atoms with Crippen molar-refractivity contribution in [3.8, 4) is 0 Å². The first-order valence-corrected chi connectivity index (χ1v) is 10.3. The lowest BCUT2D eigenvalue weighted by atomic mass is 10.0. The Morgan fingerprint density at radius 1 is 0.969 bits per heavy atom. The van der Waals surface area contributed by atoms with Gasteiger partial charge in [-0.2, -0.15) is 0 Å². The highest BCUT2D eigenvalue weighted by molar-refractivity contribution is 6.02. The van der Waals surface area contributed by atoms with E-state index in [1.54, 1.807) is 44.2 Å². The zero-order chi connectivity index (χ0) is 23.8. The highest BCUT2D eigenvalue weighted by atomic mass is 16.5. The number of aryl methyl sites for hydroxylation is 2. The van der Waals surface area contributed by atoms with E-state index in [9.17, 15) is 19.2 Å². The first kappa shape index (κ1) is 24.6. The van der Waals surface area contributed by atoms with Gasteiger partial charge in [-0.05, 0) is 56.0 Å². The van der Waals surface area contributed by atoms with Crippen molar-refractivity contribution in [2.24, 2.45) is 5.92 Å². The number of benzene rings is 2. The first-order valence-electron chi connectivity index (χ1n) is 10.3. The van der Waals surface area contributed by atoms with Gasteiger partial charge in [0.1, 0.15) is 6.04 Å². The summed E-state index contributed by atoms with van der Waals surface area (Å²) < 4.78 is 5.04. The SMILES string of the molecule is Cc1cccc(C(=O)N[C@H](C(=O)OCC(=O)NC(=O)Nc2cccc(C)c2C)C(C)C)c1. The number of ether oxygens (including phenoxy) is 1. The second kappa shape index (κ2) is 11.1. The number of imide groups is 1. The topological polar surface area (TPSA) is 114 Å². The molecule has 0 radical (unpaired) electrons. The van der Waals surface area contributed by atoms with Crippen LogP contribution in [0, 0.1) is 26.7 Å². The standard InChI is InChI=1S/C24H29N3O5/c1-14(2)21(27-22(29)18-10-6-8-15(3)12-18)23(30)32-13-20(28)26-24(31)25-19-11-7-9-16(4)17(19)5/h6-12,14,21H,13H2,1-5H3,(H,27,29)(H2,25,26,28,31)/t21-/m0/s1. The smallest absolute Gasteiger partial charge is 0.329 e. The number of carbonyl (C=O) groups is 4. The zero-order valence-corrected chi connectivity index (χ0v) is 18.9. The molecule has 0 heterocycles. The van der Waals surface area contributed by atoms with Crippen LogP contribution in [0.5, 0.6) is 0 Å². The molecule has 0 saturated carbocycles. The molecule has 2 aromatic rings. The van der Waals surface area contributed by atoms with Crippen molar-refractivity contribution in [3.05, 3.63) is 64.7 Å². The minimum Gasteiger partial charge on any atom is -0.454 e. The van der Waals surface area contributed by atoms with E-state index in [-0.39, 0.29) is 5.92 Å². The number of nitrogens with one attached hydrogen (secondary N) is 3. The molecule has 3 N–H and O–H groups in total. The van der Waals surface area contributed by atoms with Gasteiger partial charge in [0.25, 0.3) is 11.8 Å². The Kier molecular flexibility index (Phi) is 8.52. The summed E-state index contributed by atoms with van der Waals surface area (Å²) >= 11 is 0. The fourth-order valence-corrected chi connectivity index (χ4v) is 2.94. The van der Waals surface area contributed by atoms with Crippen molar-refractivity contribution in [2.75, 3.05) is 11.9 Å². The molecule has 0 bridgehead atoms. The fourth-order valence-electron chi connectivity index (χ4n) is 2.94. The minimum absolute atomic E-state index is 0.271. The van der Waals surface area contributed by atoms with E-state index in [4.69, 9.17) is 4.74 Å². The third-order valence-electron chi connectivity index (χ3n) is 4.94. The maximum absolute atomic E-state index is 12.5. The van der Waals surface area contributed by atoms with Gasteiger partial charge in [-0.3, -0.25) is 14.9 Å². The average molecular weight is 440 g/mol. The number of hydrogen-bond donors (Lipinski definition) is 3. The van der Waals surface area contributed by atoms with Crippen LogP contribution in [-0.4, -0.2) is 36.5 Å². The maximum Gasteiger partial charge on any atom is 0.329 e. The van der Waals surface area contributed by atoms with Crippen molar-refractivity contribution in [3.63, 3.8) is 0 Å². The van der Waals surface area contributed by atoms with E-state index in [0.29, 0.717) is 11.3 Å². The molecular weight excluding hydrogens is 410 g/mol. The van der Waals surface area contributed by atoms with Gasteiger partial charge in [0.15, 0.2) is 6.61 Å². The molecule has 0 aliphatic heterocycles. The summed E-state index contributed by atoms with van der Waals surface area (Å²) in [6.45, 7) is 8.47. The molecule has 0 saturated heterocycles. The van der Waals surface area contributed by atoms with Crippen LogP contribution < -0.4 is 16.0 Å². The Hall–Kier alpha value is -3.68. The molecule has 2 rings (SSSR count). The molecular formula is C24H29N3O5. The van der Waals surface area contributed by atoms with Gasteiger partial charge in [0.2, 0.25) is 0 Å². The van der Waals surface area contributed by atoms with Crippen molar-refractivity contribution < 1.29 is 23.9 Å². The van der Waals surface area contributed by atoms with Gasteiger partial charge in [-0.25, -0.2) is 9.59 Å². The summed E-state index contributed by atoms with van der Waals surface area (Å²) in [6.07, 6.45) is 0. The van der Waals surface area contributed by atoms with Crippen LogP contribution in [0.15, 0.2) is 42.5 Å². The van der Waals surface area contributed by atoms with E-state index in [2.05, 4.69) is 16.0 Å². The Bertz CT molecular complexity index is 1020. The van der Waals surface area contributed by atoms with Crippen molar-refractivity contribution in [1.29, 1.82) is 0 Å². The molecule has 8 heteroatoms. The van der Waals surface area contributed by atoms with E-state index >= 15 is 0 Å². The molecule has 32 heavy (non-hydrogen) atoms. The van der Waals surface area contributed by atoms with E-state index in [0.717, 1.165) is 16.7 Å². The number of amides is 4. The van der Waals surface area contributed by atoms with Crippen LogP contribution in [0.2, 0.25) is 0 Å². The molecule has 0 aliphatic carbocycles. The van der Waals surface area contributed by atoms with Gasteiger partial charge in [0.05, 0.1) is 0 Å². The number of hydrogen-bond acceptors (Lipinski definition) is 5.